The largest absolute Gasteiger partial charge is 0.493 e. The first-order valence-corrected chi connectivity index (χ1v) is 8.08. The van der Waals surface area contributed by atoms with Crippen LogP contribution in [0.1, 0.15) is 40.5 Å². The molecule has 1 aromatic heterocycles. The molecule has 5 nitrogen and oxygen atoms in total. The van der Waals surface area contributed by atoms with Gasteiger partial charge in [0.25, 0.3) is 5.91 Å². The molecule has 1 saturated carbocycles. The molecule has 1 aliphatic carbocycles. The second-order valence-corrected chi connectivity index (χ2v) is 6.39. The Balaban J connectivity index is 1.59. The summed E-state index contributed by atoms with van der Waals surface area (Å²) >= 11 is 0. The lowest BCUT2D eigenvalue weighted by Crippen LogP contribution is -2.41. The number of aromatic amines is 1. The average Bonchev–Trinajstić information content (AvgIpc) is 3.19. The van der Waals surface area contributed by atoms with Crippen LogP contribution in [0.3, 0.4) is 0 Å². The fourth-order valence-electron chi connectivity index (χ4n) is 3.47. The Hall–Kier alpha value is -2.27. The zero-order valence-electron chi connectivity index (χ0n) is 12.8. The molecular weight excluding hydrogens is 292 g/mol. The topological polar surface area (TPSA) is 74.3 Å². The predicted molar refractivity (Wildman–Crippen MR) is 85.4 cm³/mol. The molecule has 3 N–H and O–H groups in total. The molecule has 0 bridgehead atoms. The van der Waals surface area contributed by atoms with Crippen LogP contribution in [-0.2, 0) is 6.42 Å². The molecule has 2 heterocycles. The van der Waals surface area contributed by atoms with Crippen LogP contribution in [0, 0.1) is 5.92 Å². The Morgan fingerprint density at radius 2 is 2.22 bits per heavy atom. The maximum absolute atomic E-state index is 12.4. The molecule has 23 heavy (non-hydrogen) atoms. The summed E-state index contributed by atoms with van der Waals surface area (Å²) in [6, 6.07) is 9.63. The average molecular weight is 312 g/mol. The number of carbonyl (C=O) groups is 1. The summed E-state index contributed by atoms with van der Waals surface area (Å²) in [5.74, 6) is 1.10. The highest BCUT2D eigenvalue weighted by molar-refractivity contribution is 5.92. The van der Waals surface area contributed by atoms with Crippen molar-refractivity contribution in [2.24, 2.45) is 5.92 Å². The van der Waals surface area contributed by atoms with Crippen LogP contribution >= 0.6 is 0 Å². The Morgan fingerprint density at radius 3 is 2.96 bits per heavy atom. The Kier molecular flexibility index (Phi) is 3.58. The van der Waals surface area contributed by atoms with E-state index in [-0.39, 0.29) is 24.0 Å². The van der Waals surface area contributed by atoms with Crippen molar-refractivity contribution >= 4 is 5.91 Å². The third kappa shape index (κ3) is 2.72. The van der Waals surface area contributed by atoms with E-state index < -0.39 is 0 Å². The number of aliphatic hydroxyl groups is 1. The number of nitrogens with one attached hydrogen (secondary N) is 2. The van der Waals surface area contributed by atoms with Gasteiger partial charge in [0, 0.05) is 12.6 Å². The first-order chi connectivity index (χ1) is 11.2. The molecule has 0 saturated heterocycles. The van der Waals surface area contributed by atoms with Gasteiger partial charge in [-0.05, 0) is 54.2 Å². The van der Waals surface area contributed by atoms with Gasteiger partial charge in [-0.2, -0.15) is 0 Å². The van der Waals surface area contributed by atoms with Crippen LogP contribution in [0.4, 0.5) is 0 Å². The number of amides is 1. The van der Waals surface area contributed by atoms with Gasteiger partial charge in [-0.1, -0.05) is 6.07 Å². The van der Waals surface area contributed by atoms with E-state index in [1.807, 2.05) is 18.2 Å². The van der Waals surface area contributed by atoms with Crippen molar-refractivity contribution in [1.82, 2.24) is 10.3 Å². The minimum absolute atomic E-state index is 0.0832. The number of H-pyrrole nitrogens is 1. The highest BCUT2D eigenvalue weighted by Crippen LogP contribution is 2.39. The highest BCUT2D eigenvalue weighted by Gasteiger charge is 2.36. The van der Waals surface area contributed by atoms with Crippen LogP contribution in [0.25, 0.3) is 0 Å². The summed E-state index contributed by atoms with van der Waals surface area (Å²) in [6.07, 6.45) is 3.85. The highest BCUT2D eigenvalue weighted by atomic mass is 16.5. The third-order valence-electron chi connectivity index (χ3n) is 4.82. The standard InChI is InChI=1S/C18H20N2O3/c21-14-9-13(10-14)17(20-18(22)15-2-1-6-19-15)12-3-4-16-11(8-12)5-7-23-16/h1-4,6,8,13-14,17,19,21H,5,7,9-10H2,(H,20,22)/t13?,14?,17-/m1/s1. The molecule has 1 aromatic carbocycles. The monoisotopic (exact) mass is 312 g/mol. The maximum atomic E-state index is 12.4. The number of aliphatic hydroxyl groups excluding tert-OH is 1. The van der Waals surface area contributed by atoms with Crippen molar-refractivity contribution in [3.8, 4) is 5.75 Å². The summed E-state index contributed by atoms with van der Waals surface area (Å²) in [7, 11) is 0. The van der Waals surface area contributed by atoms with E-state index in [1.165, 1.54) is 5.56 Å². The lowest BCUT2D eigenvalue weighted by Gasteiger charge is -2.38. The summed E-state index contributed by atoms with van der Waals surface area (Å²) in [5.41, 5.74) is 2.84. The molecule has 1 atom stereocenters. The van der Waals surface area contributed by atoms with Crippen molar-refractivity contribution in [2.45, 2.75) is 31.4 Å². The number of carbonyl (C=O) groups excluding carboxylic acids is 1. The maximum Gasteiger partial charge on any atom is 0.268 e. The molecule has 5 heteroatoms. The smallest absolute Gasteiger partial charge is 0.268 e. The zero-order valence-corrected chi connectivity index (χ0v) is 12.8. The summed E-state index contributed by atoms with van der Waals surface area (Å²) in [4.78, 5) is 15.4. The van der Waals surface area contributed by atoms with Gasteiger partial charge in [0.05, 0.1) is 18.8 Å². The molecule has 2 aliphatic rings. The van der Waals surface area contributed by atoms with Crippen molar-refractivity contribution in [3.05, 3.63) is 53.3 Å². The number of ether oxygens (including phenoxy) is 1. The number of hydrogen-bond acceptors (Lipinski definition) is 3. The third-order valence-corrected chi connectivity index (χ3v) is 4.82. The Labute approximate surface area is 134 Å². The summed E-state index contributed by atoms with van der Waals surface area (Å²) in [6.45, 7) is 0.723. The molecule has 120 valence electrons. The first kappa shape index (κ1) is 14.3. The fourth-order valence-corrected chi connectivity index (χ4v) is 3.47. The lowest BCUT2D eigenvalue weighted by atomic mass is 9.75. The number of benzene rings is 1. The van der Waals surface area contributed by atoms with Crippen molar-refractivity contribution in [2.75, 3.05) is 6.61 Å². The van der Waals surface area contributed by atoms with E-state index in [2.05, 4.69) is 16.4 Å². The van der Waals surface area contributed by atoms with E-state index in [0.29, 0.717) is 5.69 Å². The fraction of sp³-hybridized carbons (Fsp3) is 0.389. The Morgan fingerprint density at radius 1 is 1.35 bits per heavy atom. The minimum Gasteiger partial charge on any atom is -0.493 e. The molecule has 1 amide bonds. The molecule has 0 radical (unpaired) electrons. The predicted octanol–water partition coefficient (Wildman–Crippen LogP) is 2.19. The van der Waals surface area contributed by atoms with Gasteiger partial charge in [-0.25, -0.2) is 0 Å². The van der Waals surface area contributed by atoms with Crippen LogP contribution in [0.2, 0.25) is 0 Å². The molecule has 2 aromatic rings. The minimum atomic E-state index is -0.248. The van der Waals surface area contributed by atoms with E-state index in [1.54, 1.807) is 12.3 Å². The second kappa shape index (κ2) is 5.74. The molecule has 1 aliphatic heterocycles. The number of fused-ring (bicyclic) bond motifs is 1. The molecule has 1 fully saturated rings. The van der Waals surface area contributed by atoms with E-state index in [4.69, 9.17) is 4.74 Å². The van der Waals surface area contributed by atoms with E-state index >= 15 is 0 Å². The summed E-state index contributed by atoms with van der Waals surface area (Å²) < 4.78 is 5.56. The molecule has 0 unspecified atom stereocenters. The second-order valence-electron chi connectivity index (χ2n) is 6.39. The summed E-state index contributed by atoms with van der Waals surface area (Å²) in [5, 5.41) is 12.8. The van der Waals surface area contributed by atoms with Gasteiger partial charge < -0.3 is 20.1 Å². The van der Waals surface area contributed by atoms with Gasteiger partial charge in [-0.3, -0.25) is 4.79 Å². The van der Waals surface area contributed by atoms with Crippen molar-refractivity contribution in [1.29, 1.82) is 0 Å². The number of aromatic nitrogens is 1. The van der Waals surface area contributed by atoms with Gasteiger partial charge >= 0.3 is 0 Å². The quantitative estimate of drug-likeness (QED) is 0.810. The van der Waals surface area contributed by atoms with Crippen LogP contribution in [0.5, 0.6) is 5.75 Å². The van der Waals surface area contributed by atoms with Crippen LogP contribution in [0.15, 0.2) is 36.5 Å². The lowest BCUT2D eigenvalue weighted by molar-refractivity contribution is 0.0234. The SMILES string of the molecule is O=C(N[C@H](c1ccc2c(c1)CCO2)C1CC(O)C1)c1ccc[nH]1. The van der Waals surface area contributed by atoms with E-state index in [9.17, 15) is 9.90 Å². The number of hydrogen-bond donors (Lipinski definition) is 3. The van der Waals surface area contributed by atoms with Gasteiger partial charge in [0.1, 0.15) is 11.4 Å². The molecular formula is C18H20N2O3. The van der Waals surface area contributed by atoms with Gasteiger partial charge in [-0.15, -0.1) is 0 Å². The van der Waals surface area contributed by atoms with Crippen LogP contribution in [-0.4, -0.2) is 28.7 Å². The van der Waals surface area contributed by atoms with Gasteiger partial charge in [0.2, 0.25) is 0 Å². The first-order valence-electron chi connectivity index (χ1n) is 8.08. The molecule has 0 spiro atoms. The van der Waals surface area contributed by atoms with Crippen molar-refractivity contribution in [3.63, 3.8) is 0 Å². The van der Waals surface area contributed by atoms with Crippen molar-refractivity contribution < 1.29 is 14.6 Å². The number of rotatable bonds is 4. The Bertz CT molecular complexity index is 705. The van der Waals surface area contributed by atoms with Gasteiger partial charge in [0.15, 0.2) is 0 Å². The zero-order chi connectivity index (χ0) is 15.8. The normalized spacial score (nSPS) is 23.5. The molecule has 4 rings (SSSR count). The van der Waals surface area contributed by atoms with Crippen LogP contribution < -0.4 is 10.1 Å². The van der Waals surface area contributed by atoms with E-state index in [0.717, 1.165) is 37.2 Å².